The third-order valence-electron chi connectivity index (χ3n) is 7.11. The summed E-state index contributed by atoms with van der Waals surface area (Å²) in [6.07, 6.45) is -1.34. The average Bonchev–Trinajstić information content (AvgIpc) is 3.33. The number of benzene rings is 2. The Morgan fingerprint density at radius 2 is 1.85 bits per heavy atom. The highest BCUT2D eigenvalue weighted by Crippen LogP contribution is 2.36. The predicted octanol–water partition coefficient (Wildman–Crippen LogP) is 4.46. The molecule has 2 aliphatic heterocycles. The number of carbonyl (C=O) groups is 2. The van der Waals surface area contributed by atoms with E-state index in [9.17, 15) is 27.0 Å². The van der Waals surface area contributed by atoms with Crippen LogP contribution < -0.4 is 10.2 Å². The number of anilines is 2. The summed E-state index contributed by atoms with van der Waals surface area (Å²) < 4.78 is 56.5. The second-order valence-electron chi connectivity index (χ2n) is 9.66. The van der Waals surface area contributed by atoms with Crippen LogP contribution in [0.2, 0.25) is 0 Å². The molecule has 2 aromatic carbocycles. The van der Waals surface area contributed by atoms with E-state index >= 15 is 0 Å². The molecular weight excluding hydrogens is 545 g/mol. The Kier molecular flexibility index (Phi) is 7.65. The second kappa shape index (κ2) is 11.0. The molecule has 2 aliphatic rings. The van der Waals surface area contributed by atoms with Crippen molar-refractivity contribution in [2.24, 2.45) is 0 Å². The fourth-order valence-corrected chi connectivity index (χ4v) is 5.64. The molecule has 1 N–H and O–H groups in total. The number of aromatic nitrogens is 1. The maximum atomic E-state index is 13.3. The van der Waals surface area contributed by atoms with Gasteiger partial charge in [-0.1, -0.05) is 18.2 Å². The molecule has 5 rings (SSSR count). The summed E-state index contributed by atoms with van der Waals surface area (Å²) in [6.45, 7) is 2.86. The summed E-state index contributed by atoms with van der Waals surface area (Å²) in [6, 6.07) is 12.5. The van der Waals surface area contributed by atoms with Gasteiger partial charge in [-0.25, -0.2) is 4.98 Å². The van der Waals surface area contributed by atoms with Gasteiger partial charge in [-0.15, -0.1) is 0 Å². The van der Waals surface area contributed by atoms with Gasteiger partial charge in [-0.3, -0.25) is 13.8 Å². The lowest BCUT2D eigenvalue weighted by Crippen LogP contribution is -2.40. The van der Waals surface area contributed by atoms with E-state index in [-0.39, 0.29) is 18.5 Å². The van der Waals surface area contributed by atoms with Crippen molar-refractivity contribution < 1.29 is 31.7 Å². The summed E-state index contributed by atoms with van der Waals surface area (Å²) in [4.78, 5) is 34.2. The van der Waals surface area contributed by atoms with Crippen LogP contribution in [0.25, 0.3) is 0 Å². The Morgan fingerprint density at radius 1 is 1.10 bits per heavy atom. The minimum absolute atomic E-state index is 0.243. The SMILES string of the molecule is CC(=O)N1Cc2cc(S(C)=O)ccc2C1C(=O)Nc1ccc(N2CCOCC2c2ccc(C(F)(F)F)cc2)nc1. The zero-order valence-electron chi connectivity index (χ0n) is 21.8. The lowest BCUT2D eigenvalue weighted by Gasteiger charge is -2.37. The summed E-state index contributed by atoms with van der Waals surface area (Å²) in [5, 5.41) is 2.84. The number of fused-ring (bicyclic) bond motifs is 1. The van der Waals surface area contributed by atoms with Gasteiger partial charge in [0.1, 0.15) is 11.9 Å². The Balaban J connectivity index is 1.33. The van der Waals surface area contributed by atoms with Crippen LogP contribution in [-0.2, 0) is 37.8 Å². The maximum absolute atomic E-state index is 13.3. The van der Waals surface area contributed by atoms with Crippen molar-refractivity contribution in [2.45, 2.75) is 36.6 Å². The van der Waals surface area contributed by atoms with Gasteiger partial charge in [0.2, 0.25) is 5.91 Å². The van der Waals surface area contributed by atoms with Crippen LogP contribution in [-0.4, -0.2) is 51.9 Å². The van der Waals surface area contributed by atoms with Crippen LogP contribution in [0.5, 0.6) is 0 Å². The van der Waals surface area contributed by atoms with Crippen LogP contribution in [0.1, 0.15) is 41.3 Å². The van der Waals surface area contributed by atoms with Crippen LogP contribution >= 0.6 is 0 Å². The third kappa shape index (κ3) is 5.59. The Morgan fingerprint density at radius 3 is 2.48 bits per heavy atom. The first kappa shape index (κ1) is 27.8. The van der Waals surface area contributed by atoms with E-state index in [1.165, 1.54) is 30.2 Å². The number of amides is 2. The molecule has 1 aromatic heterocycles. The number of hydrogen-bond acceptors (Lipinski definition) is 6. The highest BCUT2D eigenvalue weighted by Gasteiger charge is 2.37. The first-order valence-corrected chi connectivity index (χ1v) is 14.1. The molecule has 3 heterocycles. The van der Waals surface area contributed by atoms with Crippen LogP contribution in [0.15, 0.2) is 65.7 Å². The van der Waals surface area contributed by atoms with Gasteiger partial charge in [0.05, 0.1) is 36.7 Å². The molecule has 8 nitrogen and oxygen atoms in total. The summed E-state index contributed by atoms with van der Waals surface area (Å²) in [7, 11) is -1.19. The highest BCUT2D eigenvalue weighted by atomic mass is 32.2. The van der Waals surface area contributed by atoms with Gasteiger partial charge in [-0.05, 0) is 53.1 Å². The van der Waals surface area contributed by atoms with Crippen molar-refractivity contribution in [3.63, 3.8) is 0 Å². The monoisotopic (exact) mass is 572 g/mol. The van der Waals surface area contributed by atoms with E-state index in [4.69, 9.17) is 4.74 Å². The molecule has 210 valence electrons. The van der Waals surface area contributed by atoms with Gasteiger partial charge in [-0.2, -0.15) is 13.2 Å². The second-order valence-corrected chi connectivity index (χ2v) is 11.0. The maximum Gasteiger partial charge on any atom is 0.416 e. The van der Waals surface area contributed by atoms with Crippen molar-refractivity contribution in [3.05, 3.63) is 83.0 Å². The van der Waals surface area contributed by atoms with Crippen molar-refractivity contribution in [1.29, 1.82) is 0 Å². The number of ether oxygens (including phenoxy) is 1. The zero-order chi connectivity index (χ0) is 28.6. The molecule has 0 bridgehead atoms. The Hall–Kier alpha value is -3.77. The number of carbonyl (C=O) groups excluding carboxylic acids is 2. The summed E-state index contributed by atoms with van der Waals surface area (Å²) in [5.74, 6) is -0.0728. The average molecular weight is 573 g/mol. The predicted molar refractivity (Wildman–Crippen MR) is 143 cm³/mol. The van der Waals surface area contributed by atoms with Crippen molar-refractivity contribution in [1.82, 2.24) is 9.88 Å². The molecule has 3 aromatic rings. The van der Waals surface area contributed by atoms with Gasteiger partial charge < -0.3 is 19.9 Å². The lowest BCUT2D eigenvalue weighted by molar-refractivity contribution is -0.137. The number of morpholine rings is 1. The number of nitrogens with one attached hydrogen (secondary N) is 1. The van der Waals surface area contributed by atoms with Crippen molar-refractivity contribution in [3.8, 4) is 0 Å². The summed E-state index contributed by atoms with van der Waals surface area (Å²) >= 11 is 0. The largest absolute Gasteiger partial charge is 0.416 e. The molecule has 1 fully saturated rings. The fraction of sp³-hybridized carbons (Fsp3) is 0.321. The lowest BCUT2D eigenvalue weighted by atomic mass is 10.0. The van der Waals surface area contributed by atoms with Crippen molar-refractivity contribution >= 4 is 34.1 Å². The van der Waals surface area contributed by atoms with E-state index in [0.29, 0.717) is 47.3 Å². The fourth-order valence-electron chi connectivity index (χ4n) is 5.07. The molecule has 2 amide bonds. The molecular formula is C28H27F3N4O4S. The molecule has 12 heteroatoms. The smallest absolute Gasteiger partial charge is 0.377 e. The van der Waals surface area contributed by atoms with Gasteiger partial charge in [0.15, 0.2) is 0 Å². The Labute approximate surface area is 231 Å². The standard InChI is InChI=1S/C28H27F3N4O4S/c1-17(36)35-15-19-13-22(40(2)38)8-9-23(19)26(35)27(37)33-21-7-10-25(32-14-21)34-11-12-39-16-24(34)18-3-5-20(6-4-18)28(29,30)31/h3-10,13-14,24,26H,11-12,15-16H2,1-2H3,(H,33,37). The van der Waals surface area contributed by atoms with Crippen LogP contribution in [0, 0.1) is 0 Å². The molecule has 0 aliphatic carbocycles. The summed E-state index contributed by atoms with van der Waals surface area (Å²) in [5.41, 5.74) is 1.84. The number of rotatable bonds is 5. The Bertz CT molecular complexity index is 1450. The number of alkyl halides is 3. The number of hydrogen-bond donors (Lipinski definition) is 1. The molecule has 0 spiro atoms. The third-order valence-corrected chi connectivity index (χ3v) is 8.02. The minimum atomic E-state index is -4.41. The topological polar surface area (TPSA) is 91.8 Å². The van der Waals surface area contributed by atoms with E-state index in [1.54, 1.807) is 36.6 Å². The number of pyridine rings is 1. The normalized spacial score (nSPS) is 19.7. The molecule has 40 heavy (non-hydrogen) atoms. The van der Waals surface area contributed by atoms with Gasteiger partial charge in [0, 0.05) is 42.0 Å². The van der Waals surface area contributed by atoms with E-state index in [1.807, 2.05) is 4.90 Å². The highest BCUT2D eigenvalue weighted by molar-refractivity contribution is 7.84. The number of halogens is 3. The number of nitrogens with zero attached hydrogens (tertiary/aromatic N) is 3. The van der Waals surface area contributed by atoms with E-state index in [2.05, 4.69) is 10.3 Å². The first-order chi connectivity index (χ1) is 19.0. The minimum Gasteiger partial charge on any atom is -0.377 e. The first-order valence-electron chi connectivity index (χ1n) is 12.5. The zero-order valence-corrected chi connectivity index (χ0v) is 22.6. The molecule has 0 radical (unpaired) electrons. The van der Waals surface area contributed by atoms with E-state index in [0.717, 1.165) is 17.7 Å². The molecule has 3 atom stereocenters. The quantitative estimate of drug-likeness (QED) is 0.486. The van der Waals surface area contributed by atoms with Crippen LogP contribution in [0.3, 0.4) is 0 Å². The molecule has 1 saturated heterocycles. The molecule has 3 unspecified atom stereocenters. The van der Waals surface area contributed by atoms with Gasteiger partial charge in [0.25, 0.3) is 5.91 Å². The van der Waals surface area contributed by atoms with Crippen molar-refractivity contribution in [2.75, 3.05) is 36.2 Å². The molecule has 0 saturated carbocycles. The van der Waals surface area contributed by atoms with Crippen LogP contribution in [0.4, 0.5) is 24.7 Å². The van der Waals surface area contributed by atoms with Gasteiger partial charge >= 0.3 is 6.18 Å². The van der Waals surface area contributed by atoms with E-state index < -0.39 is 34.5 Å².